The van der Waals surface area contributed by atoms with Crippen LogP contribution in [0.5, 0.6) is 5.75 Å². The molecule has 0 aromatic heterocycles. The summed E-state index contributed by atoms with van der Waals surface area (Å²) in [5.74, 6) is 0.255. The van der Waals surface area contributed by atoms with Gasteiger partial charge in [-0.25, -0.2) is 0 Å². The number of nitrogens with one attached hydrogen (secondary N) is 1. The number of benzene rings is 3. The first kappa shape index (κ1) is 17.6. The molecule has 0 bridgehead atoms. The van der Waals surface area contributed by atoms with Crippen molar-refractivity contribution in [2.45, 2.75) is 6.61 Å². The molecule has 4 nitrogen and oxygen atoms in total. The molecule has 0 atom stereocenters. The molecular formula is C21H14ClNO3S. The van der Waals surface area contributed by atoms with E-state index in [-0.39, 0.29) is 11.1 Å². The quantitative estimate of drug-likeness (QED) is 0.601. The highest BCUT2D eigenvalue weighted by molar-refractivity contribution is 8.18. The molecule has 3 aromatic rings. The predicted molar refractivity (Wildman–Crippen MR) is 109 cm³/mol. The Morgan fingerprint density at radius 1 is 1.00 bits per heavy atom. The molecule has 134 valence electrons. The molecule has 1 aliphatic heterocycles. The van der Waals surface area contributed by atoms with Crippen molar-refractivity contribution >= 4 is 51.4 Å². The van der Waals surface area contributed by atoms with E-state index in [1.54, 1.807) is 6.08 Å². The summed E-state index contributed by atoms with van der Waals surface area (Å²) in [7, 11) is 0. The van der Waals surface area contributed by atoms with Crippen LogP contribution in [-0.2, 0) is 11.4 Å². The summed E-state index contributed by atoms with van der Waals surface area (Å²) in [5.41, 5.74) is 1.75. The zero-order valence-corrected chi connectivity index (χ0v) is 15.6. The molecule has 0 radical (unpaired) electrons. The van der Waals surface area contributed by atoms with Gasteiger partial charge in [-0.1, -0.05) is 54.1 Å². The number of halogens is 1. The summed E-state index contributed by atoms with van der Waals surface area (Å²) >= 11 is 6.82. The minimum absolute atomic E-state index is 0.354. The standard InChI is InChI=1S/C21H14ClNO3S/c22-15-8-5-13(6-9-15)12-26-18-10-7-14-3-1-2-4-16(14)17(18)11-19-20(24)23-21(25)27-19/h1-11H,12H2,(H,23,24,25)/b19-11-. The molecule has 1 saturated heterocycles. The molecule has 1 heterocycles. The van der Waals surface area contributed by atoms with Crippen LogP contribution in [0.3, 0.4) is 0 Å². The van der Waals surface area contributed by atoms with Gasteiger partial charge in [0, 0.05) is 10.6 Å². The smallest absolute Gasteiger partial charge is 0.290 e. The largest absolute Gasteiger partial charge is 0.488 e. The average molecular weight is 396 g/mol. The van der Waals surface area contributed by atoms with E-state index in [0.717, 1.165) is 33.7 Å². The third kappa shape index (κ3) is 3.84. The van der Waals surface area contributed by atoms with Crippen LogP contribution in [0.4, 0.5) is 4.79 Å². The highest BCUT2D eigenvalue weighted by atomic mass is 35.5. The third-order valence-electron chi connectivity index (χ3n) is 4.16. The Morgan fingerprint density at radius 3 is 2.52 bits per heavy atom. The summed E-state index contributed by atoms with van der Waals surface area (Å²) in [4.78, 5) is 23.8. The Balaban J connectivity index is 1.73. The fourth-order valence-electron chi connectivity index (χ4n) is 2.84. The zero-order valence-electron chi connectivity index (χ0n) is 14.1. The fourth-order valence-corrected chi connectivity index (χ4v) is 3.63. The topological polar surface area (TPSA) is 55.4 Å². The predicted octanol–water partition coefficient (Wildman–Crippen LogP) is 5.40. The number of imide groups is 1. The Bertz CT molecular complexity index is 1080. The normalized spacial score (nSPS) is 15.4. The molecule has 2 amide bonds. The number of hydrogen-bond acceptors (Lipinski definition) is 4. The van der Waals surface area contributed by atoms with Crippen molar-refractivity contribution < 1.29 is 14.3 Å². The van der Waals surface area contributed by atoms with E-state index in [4.69, 9.17) is 16.3 Å². The molecule has 0 unspecified atom stereocenters. The summed E-state index contributed by atoms with van der Waals surface area (Å²) in [6.45, 7) is 0.365. The summed E-state index contributed by atoms with van der Waals surface area (Å²) in [6.07, 6.45) is 1.71. The summed E-state index contributed by atoms with van der Waals surface area (Å²) in [5, 5.41) is 4.56. The molecule has 27 heavy (non-hydrogen) atoms. The lowest BCUT2D eigenvalue weighted by Crippen LogP contribution is -2.17. The molecule has 3 aromatic carbocycles. The van der Waals surface area contributed by atoms with Crippen LogP contribution in [0, 0.1) is 0 Å². The fraction of sp³-hybridized carbons (Fsp3) is 0.0476. The number of amides is 2. The van der Waals surface area contributed by atoms with E-state index >= 15 is 0 Å². The van der Waals surface area contributed by atoms with Crippen molar-refractivity contribution in [1.29, 1.82) is 0 Å². The summed E-state index contributed by atoms with van der Waals surface area (Å²) in [6, 6.07) is 19.1. The van der Waals surface area contributed by atoms with E-state index in [9.17, 15) is 9.59 Å². The van der Waals surface area contributed by atoms with Crippen LogP contribution in [-0.4, -0.2) is 11.1 Å². The Kier molecular flexibility index (Phi) is 4.88. The highest BCUT2D eigenvalue weighted by Crippen LogP contribution is 2.34. The van der Waals surface area contributed by atoms with Crippen LogP contribution in [0.1, 0.15) is 11.1 Å². The van der Waals surface area contributed by atoms with E-state index in [1.807, 2.05) is 60.7 Å². The Morgan fingerprint density at radius 2 is 1.78 bits per heavy atom. The van der Waals surface area contributed by atoms with E-state index in [2.05, 4.69) is 5.32 Å². The minimum atomic E-state index is -0.387. The Labute approximate surface area is 165 Å². The maximum Gasteiger partial charge on any atom is 0.290 e. The highest BCUT2D eigenvalue weighted by Gasteiger charge is 2.25. The van der Waals surface area contributed by atoms with Crippen LogP contribution in [0.15, 0.2) is 65.6 Å². The van der Waals surface area contributed by atoms with Crippen molar-refractivity contribution in [2.75, 3.05) is 0 Å². The van der Waals surface area contributed by atoms with E-state index in [1.165, 1.54) is 0 Å². The number of ether oxygens (including phenoxy) is 1. The molecule has 1 fully saturated rings. The zero-order chi connectivity index (χ0) is 18.8. The first-order valence-electron chi connectivity index (χ1n) is 8.24. The lowest BCUT2D eigenvalue weighted by molar-refractivity contribution is -0.115. The van der Waals surface area contributed by atoms with Gasteiger partial charge < -0.3 is 4.74 Å². The second-order valence-corrected chi connectivity index (χ2v) is 7.42. The first-order valence-corrected chi connectivity index (χ1v) is 9.43. The number of hydrogen-bond donors (Lipinski definition) is 1. The maximum atomic E-state index is 12.0. The number of fused-ring (bicyclic) bond motifs is 1. The van der Waals surface area contributed by atoms with Crippen molar-refractivity contribution in [3.05, 3.63) is 81.7 Å². The van der Waals surface area contributed by atoms with Crippen LogP contribution in [0.25, 0.3) is 16.8 Å². The first-order chi connectivity index (χ1) is 13.1. The van der Waals surface area contributed by atoms with E-state index < -0.39 is 0 Å². The van der Waals surface area contributed by atoms with Gasteiger partial charge in [0.2, 0.25) is 0 Å². The molecule has 1 aliphatic rings. The second-order valence-electron chi connectivity index (χ2n) is 5.97. The Hall–Kier alpha value is -2.76. The van der Waals surface area contributed by atoms with Crippen LogP contribution < -0.4 is 10.1 Å². The number of rotatable bonds is 4. The van der Waals surface area contributed by atoms with Crippen LogP contribution >= 0.6 is 23.4 Å². The summed E-state index contributed by atoms with van der Waals surface area (Å²) < 4.78 is 6.03. The average Bonchev–Trinajstić information content (AvgIpc) is 2.99. The molecule has 1 N–H and O–H groups in total. The maximum absolute atomic E-state index is 12.0. The molecule has 0 spiro atoms. The number of carbonyl (C=O) groups is 2. The second kappa shape index (κ2) is 7.47. The van der Waals surface area contributed by atoms with Gasteiger partial charge in [0.25, 0.3) is 11.1 Å². The van der Waals surface area contributed by atoms with Gasteiger partial charge in [0.15, 0.2) is 0 Å². The van der Waals surface area contributed by atoms with Gasteiger partial charge in [0.05, 0.1) is 4.91 Å². The van der Waals surface area contributed by atoms with Gasteiger partial charge in [-0.2, -0.15) is 0 Å². The van der Waals surface area contributed by atoms with Crippen LogP contribution in [0.2, 0.25) is 5.02 Å². The SMILES string of the molecule is O=C1NC(=O)/C(=C/c2c(OCc3ccc(Cl)cc3)ccc3ccccc23)S1. The third-order valence-corrected chi connectivity index (χ3v) is 5.22. The van der Waals surface area contributed by atoms with Gasteiger partial charge in [-0.05, 0) is 52.4 Å². The minimum Gasteiger partial charge on any atom is -0.488 e. The lowest BCUT2D eigenvalue weighted by atomic mass is 10.0. The number of carbonyl (C=O) groups excluding carboxylic acids is 2. The van der Waals surface area contributed by atoms with Gasteiger partial charge in [-0.15, -0.1) is 0 Å². The molecule has 6 heteroatoms. The van der Waals surface area contributed by atoms with Crippen molar-refractivity contribution in [2.24, 2.45) is 0 Å². The number of thioether (sulfide) groups is 1. The molecule has 0 saturated carbocycles. The van der Waals surface area contributed by atoms with Gasteiger partial charge in [0.1, 0.15) is 12.4 Å². The van der Waals surface area contributed by atoms with Crippen molar-refractivity contribution in [3.8, 4) is 5.75 Å². The molecular weight excluding hydrogens is 382 g/mol. The van der Waals surface area contributed by atoms with Gasteiger partial charge in [-0.3, -0.25) is 14.9 Å². The van der Waals surface area contributed by atoms with Crippen molar-refractivity contribution in [3.63, 3.8) is 0 Å². The molecule has 4 rings (SSSR count). The van der Waals surface area contributed by atoms with Crippen molar-refractivity contribution in [1.82, 2.24) is 5.32 Å². The lowest BCUT2D eigenvalue weighted by Gasteiger charge is -2.12. The van der Waals surface area contributed by atoms with E-state index in [0.29, 0.717) is 22.3 Å². The molecule has 0 aliphatic carbocycles. The van der Waals surface area contributed by atoms with Gasteiger partial charge >= 0.3 is 0 Å². The monoisotopic (exact) mass is 395 g/mol.